The molecule has 0 aliphatic heterocycles. The van der Waals surface area contributed by atoms with E-state index in [1.807, 2.05) is 12.1 Å². The molecule has 23 heavy (non-hydrogen) atoms. The molecule has 5 nitrogen and oxygen atoms in total. The van der Waals surface area contributed by atoms with E-state index in [-0.39, 0.29) is 11.5 Å². The molecule has 0 saturated heterocycles. The Kier molecular flexibility index (Phi) is 5.46. The first-order valence-electron chi connectivity index (χ1n) is 7.20. The third-order valence-electron chi connectivity index (χ3n) is 3.60. The Bertz CT molecular complexity index is 694. The minimum atomic E-state index is -0.0558. The van der Waals surface area contributed by atoms with Gasteiger partial charge in [0.25, 0.3) is 0 Å². The van der Waals surface area contributed by atoms with E-state index in [0.29, 0.717) is 35.7 Å². The van der Waals surface area contributed by atoms with Crippen molar-refractivity contribution < 1.29 is 24.1 Å². The number of Topliss-reactive ketones (excluding diaryl/α,β-unsaturated/α-hetero) is 1. The Labute approximate surface area is 135 Å². The van der Waals surface area contributed by atoms with E-state index in [2.05, 4.69) is 0 Å². The minimum Gasteiger partial charge on any atom is -0.508 e. The molecule has 0 amide bonds. The number of hydrogen-bond donors (Lipinski definition) is 1. The molecule has 0 bridgehead atoms. The smallest absolute Gasteiger partial charge is 0.166 e. The highest BCUT2D eigenvalue weighted by Crippen LogP contribution is 2.28. The number of ketones is 1. The molecule has 0 spiro atoms. The summed E-state index contributed by atoms with van der Waals surface area (Å²) in [7, 11) is 4.65. The van der Waals surface area contributed by atoms with Crippen molar-refractivity contribution in [3.05, 3.63) is 47.5 Å². The molecule has 1 N–H and O–H groups in total. The van der Waals surface area contributed by atoms with Crippen molar-refractivity contribution in [2.24, 2.45) is 0 Å². The number of ether oxygens (including phenoxy) is 3. The van der Waals surface area contributed by atoms with E-state index >= 15 is 0 Å². The first-order valence-corrected chi connectivity index (χ1v) is 7.20. The molecule has 0 saturated carbocycles. The Balaban J connectivity index is 2.13. The number of phenols is 1. The lowest BCUT2D eigenvalue weighted by Gasteiger charge is -2.11. The summed E-state index contributed by atoms with van der Waals surface area (Å²) < 4.78 is 15.7. The van der Waals surface area contributed by atoms with Gasteiger partial charge < -0.3 is 19.3 Å². The van der Waals surface area contributed by atoms with E-state index < -0.39 is 0 Å². The molecule has 122 valence electrons. The topological polar surface area (TPSA) is 65.0 Å². The number of benzene rings is 2. The van der Waals surface area contributed by atoms with E-state index in [1.54, 1.807) is 26.4 Å². The van der Waals surface area contributed by atoms with Gasteiger partial charge in [0.2, 0.25) is 0 Å². The highest BCUT2D eigenvalue weighted by atomic mass is 16.5. The van der Waals surface area contributed by atoms with Crippen LogP contribution < -0.4 is 14.2 Å². The van der Waals surface area contributed by atoms with Gasteiger partial charge in [0.05, 0.1) is 26.9 Å². The van der Waals surface area contributed by atoms with Gasteiger partial charge in [-0.15, -0.1) is 0 Å². The second-order valence-corrected chi connectivity index (χ2v) is 4.99. The zero-order chi connectivity index (χ0) is 16.8. The summed E-state index contributed by atoms with van der Waals surface area (Å²) in [6, 6.07) is 10.00. The number of aromatic hydroxyl groups is 1. The molecular formula is C18H20O5. The van der Waals surface area contributed by atoms with Crippen molar-refractivity contribution in [3.8, 4) is 23.0 Å². The summed E-state index contributed by atoms with van der Waals surface area (Å²) >= 11 is 0. The number of phenolic OH excluding ortho intramolecular Hbond substituents is 1. The van der Waals surface area contributed by atoms with Crippen LogP contribution in [0.3, 0.4) is 0 Å². The van der Waals surface area contributed by atoms with Crippen molar-refractivity contribution in [2.45, 2.75) is 12.8 Å². The molecule has 0 aromatic heterocycles. The zero-order valence-electron chi connectivity index (χ0n) is 13.5. The van der Waals surface area contributed by atoms with E-state index in [1.165, 1.54) is 19.2 Å². The lowest BCUT2D eigenvalue weighted by molar-refractivity contribution is 0.0979. The van der Waals surface area contributed by atoms with Crippen LogP contribution in [0.1, 0.15) is 22.3 Å². The van der Waals surface area contributed by atoms with E-state index in [0.717, 1.165) is 5.56 Å². The maximum atomic E-state index is 12.4. The molecule has 0 radical (unpaired) electrons. The number of rotatable bonds is 7. The van der Waals surface area contributed by atoms with Gasteiger partial charge in [-0.2, -0.15) is 0 Å². The molecule has 0 aliphatic rings. The summed E-state index contributed by atoms with van der Waals surface area (Å²) in [6.45, 7) is 0. The van der Waals surface area contributed by atoms with Crippen molar-refractivity contribution in [1.82, 2.24) is 0 Å². The Hall–Kier alpha value is -2.69. The molecule has 0 aliphatic carbocycles. The quantitative estimate of drug-likeness (QED) is 0.794. The number of hydrogen-bond acceptors (Lipinski definition) is 5. The van der Waals surface area contributed by atoms with Crippen LogP contribution in [0.4, 0.5) is 0 Å². The second kappa shape index (κ2) is 7.54. The van der Waals surface area contributed by atoms with Crippen molar-refractivity contribution in [2.75, 3.05) is 21.3 Å². The summed E-state index contributed by atoms with van der Waals surface area (Å²) in [6.07, 6.45) is 0.847. The van der Waals surface area contributed by atoms with Crippen LogP contribution in [0.2, 0.25) is 0 Å². The molecule has 0 unspecified atom stereocenters. The third kappa shape index (κ3) is 3.94. The van der Waals surface area contributed by atoms with E-state index in [4.69, 9.17) is 14.2 Å². The molecule has 2 rings (SSSR count). The second-order valence-electron chi connectivity index (χ2n) is 4.99. The fraction of sp³-hybridized carbons (Fsp3) is 0.278. The van der Waals surface area contributed by atoms with Crippen LogP contribution in [0.25, 0.3) is 0 Å². The number of carbonyl (C=O) groups is 1. The van der Waals surface area contributed by atoms with Gasteiger partial charge in [-0.3, -0.25) is 4.79 Å². The molecule has 2 aromatic carbocycles. The SMILES string of the molecule is COc1ccc(CCC(=O)c2ccc(O)cc2OC)c(OC)c1. The van der Waals surface area contributed by atoms with Crippen molar-refractivity contribution >= 4 is 5.78 Å². The van der Waals surface area contributed by atoms with Gasteiger partial charge in [0.15, 0.2) is 5.78 Å². The summed E-state index contributed by atoms with van der Waals surface area (Å²) in [5, 5.41) is 9.46. The Morgan fingerprint density at radius 1 is 0.957 bits per heavy atom. The fourth-order valence-corrected chi connectivity index (χ4v) is 2.35. The monoisotopic (exact) mass is 316 g/mol. The molecular weight excluding hydrogens is 296 g/mol. The van der Waals surface area contributed by atoms with Crippen LogP contribution in [0, 0.1) is 0 Å². The predicted molar refractivity (Wildman–Crippen MR) is 86.9 cm³/mol. The fourth-order valence-electron chi connectivity index (χ4n) is 2.35. The van der Waals surface area contributed by atoms with Gasteiger partial charge >= 0.3 is 0 Å². The van der Waals surface area contributed by atoms with Gasteiger partial charge in [-0.1, -0.05) is 6.07 Å². The van der Waals surface area contributed by atoms with Crippen LogP contribution in [0.15, 0.2) is 36.4 Å². The molecule has 0 heterocycles. The molecule has 0 atom stereocenters. The number of carbonyl (C=O) groups excluding carboxylic acids is 1. The van der Waals surface area contributed by atoms with Crippen LogP contribution >= 0.6 is 0 Å². The first kappa shape index (κ1) is 16.7. The minimum absolute atomic E-state index is 0.0558. The van der Waals surface area contributed by atoms with Crippen LogP contribution in [0.5, 0.6) is 23.0 Å². The van der Waals surface area contributed by atoms with Gasteiger partial charge in [-0.25, -0.2) is 0 Å². The average molecular weight is 316 g/mol. The maximum Gasteiger partial charge on any atom is 0.166 e. The first-order chi connectivity index (χ1) is 11.1. The van der Waals surface area contributed by atoms with Crippen LogP contribution in [-0.2, 0) is 6.42 Å². The molecule has 2 aromatic rings. The zero-order valence-corrected chi connectivity index (χ0v) is 13.5. The molecule has 5 heteroatoms. The van der Waals surface area contributed by atoms with Crippen LogP contribution in [-0.4, -0.2) is 32.2 Å². The Morgan fingerprint density at radius 3 is 2.35 bits per heavy atom. The largest absolute Gasteiger partial charge is 0.508 e. The molecule has 0 fully saturated rings. The lowest BCUT2D eigenvalue weighted by Crippen LogP contribution is -2.04. The lowest BCUT2D eigenvalue weighted by atomic mass is 10.0. The van der Waals surface area contributed by atoms with Gasteiger partial charge in [-0.05, 0) is 30.2 Å². The van der Waals surface area contributed by atoms with Crippen molar-refractivity contribution in [1.29, 1.82) is 0 Å². The van der Waals surface area contributed by atoms with Gasteiger partial charge in [0, 0.05) is 18.6 Å². The maximum absolute atomic E-state index is 12.4. The normalized spacial score (nSPS) is 10.2. The standard InChI is InChI=1S/C18H20O5/c1-21-14-7-4-12(17(11-14)22-2)5-9-16(20)15-8-6-13(19)10-18(15)23-3/h4,6-8,10-11,19H,5,9H2,1-3H3. The highest BCUT2D eigenvalue weighted by molar-refractivity contribution is 5.99. The van der Waals surface area contributed by atoms with Crippen molar-refractivity contribution in [3.63, 3.8) is 0 Å². The predicted octanol–water partition coefficient (Wildman–Crippen LogP) is 3.23. The third-order valence-corrected chi connectivity index (χ3v) is 3.60. The summed E-state index contributed by atoms with van der Waals surface area (Å²) in [5.74, 6) is 1.78. The average Bonchev–Trinajstić information content (AvgIpc) is 2.59. The number of methoxy groups -OCH3 is 3. The van der Waals surface area contributed by atoms with Gasteiger partial charge in [0.1, 0.15) is 23.0 Å². The Morgan fingerprint density at radius 2 is 1.70 bits per heavy atom. The summed E-state index contributed by atoms with van der Waals surface area (Å²) in [5.41, 5.74) is 1.39. The highest BCUT2D eigenvalue weighted by Gasteiger charge is 2.14. The van der Waals surface area contributed by atoms with E-state index in [9.17, 15) is 9.90 Å². The number of aryl methyl sites for hydroxylation is 1. The summed E-state index contributed by atoms with van der Waals surface area (Å²) in [4.78, 5) is 12.4.